The fourth-order valence-corrected chi connectivity index (χ4v) is 2.71. The highest BCUT2D eigenvalue weighted by atomic mass is 127. The first-order valence-electron chi connectivity index (χ1n) is 8.90. The van der Waals surface area contributed by atoms with Crippen LogP contribution >= 0.6 is 24.0 Å². The molecule has 0 fully saturated rings. The minimum atomic E-state index is -0.0839. The van der Waals surface area contributed by atoms with Gasteiger partial charge in [0.05, 0.1) is 6.54 Å². The number of guanidine groups is 1. The molecule has 146 valence electrons. The van der Waals surface area contributed by atoms with Crippen LogP contribution in [0.1, 0.15) is 34.0 Å². The van der Waals surface area contributed by atoms with E-state index >= 15 is 0 Å². The van der Waals surface area contributed by atoms with Crippen molar-refractivity contribution in [3.63, 3.8) is 0 Å². The van der Waals surface area contributed by atoms with Crippen LogP contribution in [0, 0.1) is 6.92 Å². The Labute approximate surface area is 179 Å². The molecule has 0 aliphatic heterocycles. The number of carbonyl (C=O) groups excluding carboxylic acids is 1. The number of hydrogen-bond acceptors (Lipinski definition) is 2. The number of aryl methyl sites for hydroxylation is 1. The van der Waals surface area contributed by atoms with Crippen molar-refractivity contribution in [2.24, 2.45) is 4.99 Å². The van der Waals surface area contributed by atoms with Crippen LogP contribution in [-0.2, 0) is 13.1 Å². The van der Waals surface area contributed by atoms with Gasteiger partial charge in [0, 0.05) is 32.7 Å². The molecular formula is C21H29IN4O. The number of nitrogens with one attached hydrogen (secondary N) is 2. The summed E-state index contributed by atoms with van der Waals surface area (Å²) < 4.78 is 0. The zero-order valence-corrected chi connectivity index (χ0v) is 18.8. The number of carbonyl (C=O) groups is 1. The van der Waals surface area contributed by atoms with E-state index in [0.717, 1.165) is 24.6 Å². The maximum Gasteiger partial charge on any atom is 0.251 e. The van der Waals surface area contributed by atoms with Gasteiger partial charge < -0.3 is 15.5 Å². The lowest BCUT2D eigenvalue weighted by Crippen LogP contribution is -2.38. The van der Waals surface area contributed by atoms with Crippen molar-refractivity contribution in [3.8, 4) is 0 Å². The van der Waals surface area contributed by atoms with Gasteiger partial charge in [0.15, 0.2) is 5.96 Å². The highest BCUT2D eigenvalue weighted by Crippen LogP contribution is 2.11. The van der Waals surface area contributed by atoms with Gasteiger partial charge in [-0.3, -0.25) is 4.79 Å². The second-order valence-electron chi connectivity index (χ2n) is 6.23. The van der Waals surface area contributed by atoms with E-state index in [-0.39, 0.29) is 29.9 Å². The summed E-state index contributed by atoms with van der Waals surface area (Å²) in [4.78, 5) is 18.6. The summed E-state index contributed by atoms with van der Waals surface area (Å²) in [5.74, 6) is 0.764. The van der Waals surface area contributed by atoms with Gasteiger partial charge in [0.25, 0.3) is 5.91 Å². The number of nitrogens with zero attached hydrogens (tertiary/aromatic N) is 2. The van der Waals surface area contributed by atoms with Crippen LogP contribution in [0.4, 0.5) is 0 Å². The van der Waals surface area contributed by atoms with Gasteiger partial charge in [-0.2, -0.15) is 0 Å². The predicted molar refractivity (Wildman–Crippen MR) is 123 cm³/mol. The Kier molecular flexibility index (Phi) is 9.85. The molecule has 0 unspecified atom stereocenters. The normalized spacial score (nSPS) is 10.7. The van der Waals surface area contributed by atoms with E-state index in [9.17, 15) is 4.79 Å². The van der Waals surface area contributed by atoms with Crippen LogP contribution in [0.15, 0.2) is 53.5 Å². The van der Waals surface area contributed by atoms with Gasteiger partial charge in [-0.25, -0.2) is 4.99 Å². The average Bonchev–Trinajstić information content (AvgIpc) is 2.66. The van der Waals surface area contributed by atoms with Crippen LogP contribution in [0.5, 0.6) is 0 Å². The van der Waals surface area contributed by atoms with Gasteiger partial charge in [-0.05, 0) is 42.7 Å². The third kappa shape index (κ3) is 6.86. The lowest BCUT2D eigenvalue weighted by atomic mass is 10.1. The summed E-state index contributed by atoms with van der Waals surface area (Å²) in [6.45, 7) is 6.29. The van der Waals surface area contributed by atoms with E-state index < -0.39 is 0 Å². The Hall–Kier alpha value is -2.09. The molecule has 0 aliphatic rings. The van der Waals surface area contributed by atoms with Crippen LogP contribution in [0.3, 0.4) is 0 Å². The Morgan fingerprint density at radius 1 is 1.15 bits per heavy atom. The van der Waals surface area contributed by atoms with E-state index in [1.165, 1.54) is 11.1 Å². The number of aliphatic imine (C=N–C) groups is 1. The Bertz CT molecular complexity index is 776. The maximum atomic E-state index is 11.8. The van der Waals surface area contributed by atoms with Crippen LogP contribution < -0.4 is 10.6 Å². The first kappa shape index (κ1) is 23.0. The number of benzene rings is 2. The first-order chi connectivity index (χ1) is 12.5. The minimum Gasteiger partial charge on any atom is -0.357 e. The molecule has 2 N–H and O–H groups in total. The predicted octanol–water partition coefficient (Wildman–Crippen LogP) is 3.57. The summed E-state index contributed by atoms with van der Waals surface area (Å²) in [6.07, 6.45) is 0. The molecule has 0 atom stereocenters. The molecule has 0 heterocycles. The zero-order valence-electron chi connectivity index (χ0n) is 16.5. The average molecular weight is 480 g/mol. The van der Waals surface area contributed by atoms with Gasteiger partial charge in [0.2, 0.25) is 0 Å². The molecule has 0 aromatic heterocycles. The second kappa shape index (κ2) is 11.6. The molecule has 5 nitrogen and oxygen atoms in total. The summed E-state index contributed by atoms with van der Waals surface area (Å²) in [5, 5.41) is 5.99. The smallest absolute Gasteiger partial charge is 0.251 e. The van der Waals surface area contributed by atoms with E-state index in [2.05, 4.69) is 53.6 Å². The van der Waals surface area contributed by atoms with Crippen molar-refractivity contribution in [2.45, 2.75) is 26.9 Å². The third-order valence-electron chi connectivity index (χ3n) is 4.19. The highest BCUT2D eigenvalue weighted by molar-refractivity contribution is 14.0. The minimum absolute atomic E-state index is 0. The van der Waals surface area contributed by atoms with Gasteiger partial charge in [-0.1, -0.05) is 36.4 Å². The number of rotatable bonds is 6. The van der Waals surface area contributed by atoms with Crippen molar-refractivity contribution in [3.05, 3.63) is 70.8 Å². The molecule has 2 aromatic carbocycles. The second-order valence-corrected chi connectivity index (χ2v) is 6.23. The van der Waals surface area contributed by atoms with Crippen molar-refractivity contribution in [1.29, 1.82) is 0 Å². The fraction of sp³-hybridized carbons (Fsp3) is 0.333. The lowest BCUT2D eigenvalue weighted by Gasteiger charge is -2.23. The first-order valence-corrected chi connectivity index (χ1v) is 8.90. The standard InChI is InChI=1S/C21H28N4O.HI/c1-5-23-21(25(4)15-19-11-7-6-9-16(19)2)24-14-17-10-8-12-18(13-17)20(26)22-3;/h6-13H,5,14-15H2,1-4H3,(H,22,26)(H,23,24);1H. The Morgan fingerprint density at radius 3 is 2.56 bits per heavy atom. The van der Waals surface area contributed by atoms with E-state index in [1.54, 1.807) is 7.05 Å². The van der Waals surface area contributed by atoms with E-state index in [4.69, 9.17) is 4.99 Å². The number of hydrogen-bond donors (Lipinski definition) is 2. The largest absolute Gasteiger partial charge is 0.357 e. The molecule has 2 aromatic rings. The lowest BCUT2D eigenvalue weighted by molar-refractivity contribution is 0.0963. The maximum absolute atomic E-state index is 11.8. The number of halogens is 1. The SMILES string of the molecule is CCNC(=NCc1cccc(C(=O)NC)c1)N(C)Cc1ccccc1C.I. The summed E-state index contributed by atoms with van der Waals surface area (Å²) >= 11 is 0. The summed E-state index contributed by atoms with van der Waals surface area (Å²) in [5.41, 5.74) is 4.21. The summed E-state index contributed by atoms with van der Waals surface area (Å²) in [6, 6.07) is 15.9. The molecule has 27 heavy (non-hydrogen) atoms. The Balaban J connectivity index is 0.00000364. The van der Waals surface area contributed by atoms with Crippen molar-refractivity contribution < 1.29 is 4.79 Å². The molecular weight excluding hydrogens is 451 g/mol. The Morgan fingerprint density at radius 2 is 1.89 bits per heavy atom. The molecule has 0 spiro atoms. The molecule has 0 radical (unpaired) electrons. The molecule has 0 bridgehead atoms. The molecule has 0 saturated carbocycles. The molecule has 0 saturated heterocycles. The van der Waals surface area contributed by atoms with Crippen molar-refractivity contribution >= 4 is 35.8 Å². The third-order valence-corrected chi connectivity index (χ3v) is 4.19. The van der Waals surface area contributed by atoms with Crippen molar-refractivity contribution in [2.75, 3.05) is 20.6 Å². The summed E-state index contributed by atoms with van der Waals surface area (Å²) in [7, 11) is 3.67. The van der Waals surface area contributed by atoms with E-state index in [1.807, 2.05) is 31.3 Å². The van der Waals surface area contributed by atoms with Crippen molar-refractivity contribution in [1.82, 2.24) is 15.5 Å². The quantitative estimate of drug-likeness (QED) is 0.378. The molecule has 0 aliphatic carbocycles. The van der Waals surface area contributed by atoms with E-state index in [0.29, 0.717) is 12.1 Å². The van der Waals surface area contributed by atoms with Gasteiger partial charge >= 0.3 is 0 Å². The van der Waals surface area contributed by atoms with Gasteiger partial charge in [0.1, 0.15) is 0 Å². The zero-order chi connectivity index (χ0) is 18.9. The monoisotopic (exact) mass is 480 g/mol. The van der Waals surface area contributed by atoms with Crippen LogP contribution in [0.25, 0.3) is 0 Å². The molecule has 1 amide bonds. The number of amides is 1. The topological polar surface area (TPSA) is 56.7 Å². The molecule has 6 heteroatoms. The highest BCUT2D eigenvalue weighted by Gasteiger charge is 2.08. The molecule has 2 rings (SSSR count). The fourth-order valence-electron chi connectivity index (χ4n) is 2.71. The van der Waals surface area contributed by atoms with Crippen LogP contribution in [0.2, 0.25) is 0 Å². The van der Waals surface area contributed by atoms with Gasteiger partial charge in [-0.15, -0.1) is 24.0 Å². The van der Waals surface area contributed by atoms with Crippen LogP contribution in [-0.4, -0.2) is 37.4 Å².